The zero-order valence-corrected chi connectivity index (χ0v) is 22.2. The van der Waals surface area contributed by atoms with E-state index in [1.54, 1.807) is 31.2 Å². The third-order valence-corrected chi connectivity index (χ3v) is 6.85. The first-order valence-electron chi connectivity index (χ1n) is 11.6. The predicted octanol–water partition coefficient (Wildman–Crippen LogP) is 2.95. The summed E-state index contributed by atoms with van der Waals surface area (Å²) in [7, 11) is -1.31. The lowest BCUT2D eigenvalue weighted by Crippen LogP contribution is -2.27. The van der Waals surface area contributed by atoms with Crippen molar-refractivity contribution in [1.82, 2.24) is 19.8 Å². The molecule has 3 aromatic rings. The third kappa shape index (κ3) is 6.45. The van der Waals surface area contributed by atoms with Crippen molar-refractivity contribution in [3.8, 4) is 23.1 Å². The van der Waals surface area contributed by atoms with Crippen LogP contribution in [-0.4, -0.2) is 62.9 Å². The Balaban J connectivity index is 2.15. The molecule has 0 saturated heterocycles. The van der Waals surface area contributed by atoms with Crippen LogP contribution in [0.3, 0.4) is 0 Å². The number of aromatic nitrogens is 2. The van der Waals surface area contributed by atoms with Gasteiger partial charge in [-0.1, -0.05) is 6.92 Å². The van der Waals surface area contributed by atoms with Gasteiger partial charge in [0.15, 0.2) is 5.69 Å². The van der Waals surface area contributed by atoms with Gasteiger partial charge in [0.2, 0.25) is 15.9 Å². The maximum absolute atomic E-state index is 13.1. The van der Waals surface area contributed by atoms with Crippen molar-refractivity contribution in [3.63, 3.8) is 0 Å². The molecule has 0 radical (unpaired) electrons. The number of ether oxygens (including phenoxy) is 3. The Kier molecular flexibility index (Phi) is 9.39. The zero-order valence-electron chi connectivity index (χ0n) is 21.4. The van der Waals surface area contributed by atoms with Crippen molar-refractivity contribution in [2.45, 2.75) is 25.2 Å². The van der Waals surface area contributed by atoms with Gasteiger partial charge in [0.25, 0.3) is 11.6 Å². The van der Waals surface area contributed by atoms with Crippen molar-refractivity contribution in [2.75, 3.05) is 33.9 Å². The normalized spacial score (nSPS) is 11.3. The number of hydrogen-bond donors (Lipinski definition) is 2. The standard InChI is InChI=1S/C24H29N5O8S/c1-5-12-25-23(30)22-16(2)24(28(27-22)17-6-9-19(36-4)10-7-17)37-20-11-8-18(29(31)32)15-21(20)38(33,34)26-13-14-35-3/h6-11,15,26H,5,12-14H2,1-4H3,(H,25,30). The molecule has 0 atom stereocenters. The van der Waals surface area contributed by atoms with Gasteiger partial charge in [-0.15, -0.1) is 0 Å². The molecule has 3 rings (SSSR count). The molecular weight excluding hydrogens is 518 g/mol. The summed E-state index contributed by atoms with van der Waals surface area (Å²) in [6.07, 6.45) is 0.716. The molecule has 0 fully saturated rings. The summed E-state index contributed by atoms with van der Waals surface area (Å²) in [6.45, 7) is 3.98. The summed E-state index contributed by atoms with van der Waals surface area (Å²) < 4.78 is 46.0. The highest BCUT2D eigenvalue weighted by Crippen LogP contribution is 2.35. The summed E-state index contributed by atoms with van der Waals surface area (Å²) in [5.74, 6) is 0.0175. The lowest BCUT2D eigenvalue weighted by atomic mass is 10.2. The molecule has 13 nitrogen and oxygen atoms in total. The fraction of sp³-hybridized carbons (Fsp3) is 0.333. The molecule has 14 heteroatoms. The fourth-order valence-corrected chi connectivity index (χ4v) is 4.56. The first-order chi connectivity index (χ1) is 18.1. The van der Waals surface area contributed by atoms with Crippen LogP contribution in [0.15, 0.2) is 47.4 Å². The lowest BCUT2D eigenvalue weighted by Gasteiger charge is -2.14. The molecule has 0 saturated carbocycles. The molecule has 1 heterocycles. The zero-order chi connectivity index (χ0) is 27.9. The molecule has 2 aromatic carbocycles. The lowest BCUT2D eigenvalue weighted by molar-refractivity contribution is -0.385. The van der Waals surface area contributed by atoms with Crippen LogP contribution in [0.1, 0.15) is 29.4 Å². The minimum atomic E-state index is -4.25. The molecule has 0 aliphatic heterocycles. The van der Waals surface area contributed by atoms with Crippen LogP contribution >= 0.6 is 0 Å². The average molecular weight is 548 g/mol. The Morgan fingerprint density at radius 2 is 1.84 bits per heavy atom. The van der Waals surface area contributed by atoms with Gasteiger partial charge in [-0.2, -0.15) is 9.78 Å². The first kappa shape index (κ1) is 28.6. The van der Waals surface area contributed by atoms with Crippen LogP contribution in [-0.2, 0) is 14.8 Å². The summed E-state index contributed by atoms with van der Waals surface area (Å²) in [4.78, 5) is 23.0. The highest BCUT2D eigenvalue weighted by molar-refractivity contribution is 7.89. The van der Waals surface area contributed by atoms with E-state index >= 15 is 0 Å². The van der Waals surface area contributed by atoms with Crippen molar-refractivity contribution >= 4 is 21.6 Å². The van der Waals surface area contributed by atoms with Gasteiger partial charge in [0.05, 0.1) is 24.3 Å². The van der Waals surface area contributed by atoms with E-state index in [9.17, 15) is 23.3 Å². The molecule has 0 aliphatic carbocycles. The van der Waals surface area contributed by atoms with Gasteiger partial charge in [0.1, 0.15) is 16.4 Å². The number of non-ortho nitro benzene ring substituents is 1. The second-order valence-electron chi connectivity index (χ2n) is 8.03. The summed E-state index contributed by atoms with van der Waals surface area (Å²) in [5.41, 5.74) is 0.477. The number of rotatable bonds is 13. The van der Waals surface area contributed by atoms with Crippen LogP contribution in [0.25, 0.3) is 5.69 Å². The van der Waals surface area contributed by atoms with E-state index in [0.29, 0.717) is 30.0 Å². The number of nitrogens with one attached hydrogen (secondary N) is 2. The Hall–Kier alpha value is -4.01. The molecule has 1 amide bonds. The molecule has 0 bridgehead atoms. The largest absolute Gasteiger partial charge is 0.497 e. The number of nitrogens with zero attached hydrogens (tertiary/aromatic N) is 3. The van der Waals surface area contributed by atoms with Gasteiger partial charge < -0.3 is 19.5 Å². The van der Waals surface area contributed by atoms with Gasteiger partial charge in [-0.25, -0.2) is 13.1 Å². The van der Waals surface area contributed by atoms with E-state index in [1.165, 1.54) is 25.0 Å². The number of nitro benzene ring substituents is 1. The van der Waals surface area contributed by atoms with Crippen molar-refractivity contribution < 1.29 is 32.3 Å². The van der Waals surface area contributed by atoms with E-state index in [4.69, 9.17) is 14.2 Å². The number of sulfonamides is 1. The Morgan fingerprint density at radius 3 is 2.45 bits per heavy atom. The van der Waals surface area contributed by atoms with Crippen LogP contribution < -0.4 is 19.5 Å². The van der Waals surface area contributed by atoms with E-state index in [0.717, 1.165) is 12.1 Å². The molecule has 38 heavy (non-hydrogen) atoms. The summed E-state index contributed by atoms with van der Waals surface area (Å²) in [6, 6.07) is 9.97. The van der Waals surface area contributed by atoms with Crippen molar-refractivity contribution in [2.24, 2.45) is 0 Å². The second kappa shape index (κ2) is 12.5. The number of methoxy groups -OCH3 is 2. The van der Waals surface area contributed by atoms with E-state index in [2.05, 4.69) is 15.1 Å². The quantitative estimate of drug-likeness (QED) is 0.186. The molecule has 204 valence electrons. The smallest absolute Gasteiger partial charge is 0.272 e. The number of amides is 1. The monoisotopic (exact) mass is 547 g/mol. The predicted molar refractivity (Wildman–Crippen MR) is 138 cm³/mol. The van der Waals surface area contributed by atoms with Gasteiger partial charge >= 0.3 is 0 Å². The van der Waals surface area contributed by atoms with E-state index < -0.39 is 31.4 Å². The first-order valence-corrected chi connectivity index (χ1v) is 13.1. The van der Waals surface area contributed by atoms with Crippen LogP contribution in [0.4, 0.5) is 5.69 Å². The minimum absolute atomic E-state index is 0.0546. The average Bonchev–Trinajstić information content (AvgIpc) is 3.23. The minimum Gasteiger partial charge on any atom is -0.497 e. The summed E-state index contributed by atoms with van der Waals surface area (Å²) >= 11 is 0. The highest BCUT2D eigenvalue weighted by Gasteiger charge is 2.27. The third-order valence-electron chi connectivity index (χ3n) is 5.37. The number of hydrogen-bond acceptors (Lipinski definition) is 9. The number of nitro groups is 1. The molecule has 1 aromatic heterocycles. The molecular formula is C24H29N5O8S. The number of carbonyl (C=O) groups is 1. The van der Waals surface area contributed by atoms with Gasteiger partial charge in [-0.05, 0) is 43.7 Å². The topological polar surface area (TPSA) is 164 Å². The second-order valence-corrected chi connectivity index (χ2v) is 9.76. The van der Waals surface area contributed by atoms with E-state index in [-0.39, 0.29) is 30.5 Å². The maximum Gasteiger partial charge on any atom is 0.272 e. The van der Waals surface area contributed by atoms with E-state index in [1.807, 2.05) is 6.92 Å². The molecule has 0 spiro atoms. The molecule has 0 aliphatic rings. The van der Waals surface area contributed by atoms with Gasteiger partial charge in [-0.3, -0.25) is 14.9 Å². The number of carbonyl (C=O) groups excluding carboxylic acids is 1. The summed E-state index contributed by atoms with van der Waals surface area (Å²) in [5, 5.41) is 18.6. The Labute approximate surface area is 219 Å². The van der Waals surface area contributed by atoms with Gasteiger partial charge in [0, 0.05) is 37.9 Å². The molecule has 0 unspecified atom stereocenters. The molecule has 2 N–H and O–H groups in total. The fourth-order valence-electron chi connectivity index (χ4n) is 3.40. The maximum atomic E-state index is 13.1. The van der Waals surface area contributed by atoms with Crippen LogP contribution in [0.5, 0.6) is 17.4 Å². The van der Waals surface area contributed by atoms with Crippen LogP contribution in [0, 0.1) is 17.0 Å². The Morgan fingerprint density at radius 1 is 1.13 bits per heavy atom. The highest BCUT2D eigenvalue weighted by atomic mass is 32.2. The Bertz CT molecular complexity index is 1400. The SMILES string of the molecule is CCCNC(=O)c1nn(-c2ccc(OC)cc2)c(Oc2ccc([N+](=O)[O-])cc2S(=O)(=O)NCCOC)c1C. The number of benzene rings is 2. The van der Waals surface area contributed by atoms with Crippen molar-refractivity contribution in [1.29, 1.82) is 0 Å². The van der Waals surface area contributed by atoms with Crippen molar-refractivity contribution in [3.05, 3.63) is 63.8 Å². The van der Waals surface area contributed by atoms with Crippen LogP contribution in [0.2, 0.25) is 0 Å².